The molecule has 0 saturated carbocycles. The van der Waals surface area contributed by atoms with Crippen LogP contribution in [0, 0.1) is 5.82 Å². The molecule has 1 fully saturated rings. The Morgan fingerprint density at radius 2 is 2.45 bits per heavy atom. The van der Waals surface area contributed by atoms with Gasteiger partial charge in [0.2, 0.25) is 0 Å². The minimum Gasteiger partial charge on any atom is -0.394 e. The maximum Gasteiger partial charge on any atom is 0.257 e. The van der Waals surface area contributed by atoms with Gasteiger partial charge in [-0.2, -0.15) is 0 Å². The quantitative estimate of drug-likeness (QED) is 0.522. The van der Waals surface area contributed by atoms with Crippen LogP contribution in [-0.4, -0.2) is 52.8 Å². The minimum absolute atomic E-state index is 0.112. The van der Waals surface area contributed by atoms with Crippen molar-refractivity contribution >= 4 is 11.7 Å². The molecule has 1 saturated heterocycles. The van der Waals surface area contributed by atoms with Crippen LogP contribution in [0.1, 0.15) is 17.3 Å². The third-order valence-electron chi connectivity index (χ3n) is 3.07. The number of halogens is 1. The number of carbonyl (C=O) groups excluding carboxylic acids is 1. The Kier molecular flexibility index (Phi) is 4.48. The van der Waals surface area contributed by atoms with Gasteiger partial charge in [-0.05, 0) is 13.0 Å². The monoisotopic (exact) mass is 284 g/mol. The fourth-order valence-electron chi connectivity index (χ4n) is 2.19. The highest BCUT2D eigenvalue weighted by Crippen LogP contribution is 2.19. The van der Waals surface area contributed by atoms with Crippen LogP contribution in [-0.2, 0) is 4.74 Å². The molecule has 1 aromatic heterocycles. The van der Waals surface area contributed by atoms with Crippen molar-refractivity contribution in [3.05, 3.63) is 23.6 Å². The van der Waals surface area contributed by atoms with E-state index < -0.39 is 17.8 Å². The van der Waals surface area contributed by atoms with Crippen LogP contribution in [0.3, 0.4) is 0 Å². The normalized spacial score (nSPS) is 22.7. The summed E-state index contributed by atoms with van der Waals surface area (Å²) in [4.78, 5) is 17.5. The number of rotatable bonds is 3. The number of hydrogen-bond acceptors (Lipinski definition) is 6. The number of nitrogens with one attached hydrogen (secondary N) is 1. The van der Waals surface area contributed by atoms with E-state index in [9.17, 15) is 9.18 Å². The number of nitrogen functional groups attached to an aromatic ring is 1. The summed E-state index contributed by atoms with van der Waals surface area (Å²) in [5.41, 5.74) is 1.99. The van der Waals surface area contributed by atoms with E-state index in [1.807, 2.05) is 0 Å². The number of aliphatic hydroxyl groups excluding tert-OH is 1. The summed E-state index contributed by atoms with van der Waals surface area (Å²) < 4.78 is 19.5. The lowest BCUT2D eigenvalue weighted by Gasteiger charge is -2.36. The highest BCUT2D eigenvalue weighted by Gasteiger charge is 2.30. The molecule has 2 heterocycles. The fraction of sp³-hybridized carbons (Fsp3) is 0.500. The molecule has 2 rings (SSSR count). The topological polar surface area (TPSA) is 101 Å². The summed E-state index contributed by atoms with van der Waals surface area (Å²) in [6, 6.07) is 1.30. The zero-order valence-corrected chi connectivity index (χ0v) is 11.0. The van der Waals surface area contributed by atoms with Gasteiger partial charge in [-0.15, -0.1) is 0 Å². The van der Waals surface area contributed by atoms with Gasteiger partial charge in [0.05, 0.1) is 24.4 Å². The van der Waals surface area contributed by atoms with Crippen molar-refractivity contribution in [3.8, 4) is 0 Å². The number of aromatic nitrogens is 1. The molecule has 0 aromatic carbocycles. The van der Waals surface area contributed by atoms with E-state index in [1.54, 1.807) is 6.92 Å². The number of hydrogen-bond donors (Lipinski definition) is 3. The van der Waals surface area contributed by atoms with Gasteiger partial charge in [0.1, 0.15) is 0 Å². The van der Waals surface area contributed by atoms with Gasteiger partial charge >= 0.3 is 0 Å². The minimum atomic E-state index is -0.792. The van der Waals surface area contributed by atoms with E-state index >= 15 is 0 Å². The first-order chi connectivity index (χ1) is 9.56. The first-order valence-corrected chi connectivity index (χ1v) is 6.23. The number of nitrogens with two attached hydrogens (primary N) is 1. The maximum absolute atomic E-state index is 14.0. The molecule has 1 aliphatic rings. The fourth-order valence-corrected chi connectivity index (χ4v) is 2.19. The van der Waals surface area contributed by atoms with E-state index in [0.717, 1.165) is 0 Å². The number of ether oxygens (including phenoxy) is 1. The van der Waals surface area contributed by atoms with Crippen LogP contribution in [0.2, 0.25) is 0 Å². The van der Waals surface area contributed by atoms with Crippen molar-refractivity contribution in [3.63, 3.8) is 0 Å². The Bertz CT molecular complexity index is 500. The zero-order chi connectivity index (χ0) is 14.7. The summed E-state index contributed by atoms with van der Waals surface area (Å²) in [7, 11) is 0. The van der Waals surface area contributed by atoms with Gasteiger partial charge in [0, 0.05) is 19.3 Å². The van der Waals surface area contributed by atoms with Crippen molar-refractivity contribution in [2.24, 2.45) is 5.84 Å². The Morgan fingerprint density at radius 1 is 1.70 bits per heavy atom. The van der Waals surface area contributed by atoms with Gasteiger partial charge in [-0.3, -0.25) is 4.79 Å². The standard InChI is InChI=1S/C12H17FN4O3/c1-7-4-17(5-8(6-18)20-7)12(19)9-2-3-15-11(16-14)10(9)13/h2-3,7-8,18H,4-6,14H2,1H3,(H,15,16). The Morgan fingerprint density at radius 3 is 3.10 bits per heavy atom. The predicted molar refractivity (Wildman–Crippen MR) is 69.3 cm³/mol. The summed E-state index contributed by atoms with van der Waals surface area (Å²) >= 11 is 0. The molecule has 8 heteroatoms. The van der Waals surface area contributed by atoms with E-state index in [4.69, 9.17) is 15.7 Å². The average molecular weight is 284 g/mol. The molecule has 1 aromatic rings. The lowest BCUT2D eigenvalue weighted by atomic mass is 10.1. The largest absolute Gasteiger partial charge is 0.394 e. The SMILES string of the molecule is CC1CN(C(=O)c2ccnc(NN)c2F)CC(CO)O1. The number of aliphatic hydroxyl groups is 1. The van der Waals surface area contributed by atoms with Crippen molar-refractivity contribution in [1.82, 2.24) is 9.88 Å². The Labute approximate surface area is 115 Å². The molecular weight excluding hydrogens is 267 g/mol. The molecule has 1 amide bonds. The lowest BCUT2D eigenvalue weighted by molar-refractivity contribution is -0.0859. The maximum atomic E-state index is 14.0. The molecule has 2 atom stereocenters. The first-order valence-electron chi connectivity index (χ1n) is 6.23. The third-order valence-corrected chi connectivity index (χ3v) is 3.07. The molecule has 110 valence electrons. The highest BCUT2D eigenvalue weighted by atomic mass is 19.1. The number of carbonyl (C=O) groups is 1. The number of amides is 1. The highest BCUT2D eigenvalue weighted by molar-refractivity contribution is 5.95. The molecule has 0 bridgehead atoms. The number of nitrogens with zero attached hydrogens (tertiary/aromatic N) is 2. The summed E-state index contributed by atoms with van der Waals surface area (Å²) in [5, 5.41) is 9.14. The third kappa shape index (κ3) is 2.87. The second-order valence-electron chi connectivity index (χ2n) is 4.63. The van der Waals surface area contributed by atoms with Crippen molar-refractivity contribution in [2.75, 3.05) is 25.1 Å². The second-order valence-corrected chi connectivity index (χ2v) is 4.63. The first kappa shape index (κ1) is 14.6. The van der Waals surface area contributed by atoms with Crippen LogP contribution >= 0.6 is 0 Å². The van der Waals surface area contributed by atoms with E-state index in [2.05, 4.69) is 10.4 Å². The summed E-state index contributed by atoms with van der Waals surface area (Å²) in [5.74, 6) is 3.68. The van der Waals surface area contributed by atoms with Gasteiger partial charge in [-0.25, -0.2) is 15.2 Å². The van der Waals surface area contributed by atoms with Crippen molar-refractivity contribution < 1.29 is 19.0 Å². The number of morpholine rings is 1. The van der Waals surface area contributed by atoms with Crippen LogP contribution < -0.4 is 11.3 Å². The Hall–Kier alpha value is -1.77. The van der Waals surface area contributed by atoms with Crippen molar-refractivity contribution in [1.29, 1.82) is 0 Å². The van der Waals surface area contributed by atoms with Gasteiger partial charge < -0.3 is 20.2 Å². The molecule has 1 aliphatic heterocycles. The average Bonchev–Trinajstić information content (AvgIpc) is 2.46. The molecule has 0 aliphatic carbocycles. The number of hydrazine groups is 1. The molecule has 20 heavy (non-hydrogen) atoms. The van der Waals surface area contributed by atoms with Crippen molar-refractivity contribution in [2.45, 2.75) is 19.1 Å². The molecular formula is C12H17FN4O3. The van der Waals surface area contributed by atoms with Gasteiger partial charge in [-0.1, -0.05) is 0 Å². The van der Waals surface area contributed by atoms with Crippen LogP contribution in [0.4, 0.5) is 10.2 Å². The lowest BCUT2D eigenvalue weighted by Crippen LogP contribution is -2.50. The van der Waals surface area contributed by atoms with E-state index in [-0.39, 0.29) is 30.6 Å². The smallest absolute Gasteiger partial charge is 0.257 e. The van der Waals surface area contributed by atoms with E-state index in [1.165, 1.54) is 17.2 Å². The van der Waals surface area contributed by atoms with E-state index in [0.29, 0.717) is 6.54 Å². The molecule has 2 unspecified atom stereocenters. The van der Waals surface area contributed by atoms with Gasteiger partial charge in [0.25, 0.3) is 5.91 Å². The van der Waals surface area contributed by atoms with Gasteiger partial charge in [0.15, 0.2) is 11.6 Å². The molecule has 0 spiro atoms. The van der Waals surface area contributed by atoms with Crippen LogP contribution in [0.25, 0.3) is 0 Å². The molecule has 4 N–H and O–H groups in total. The number of anilines is 1. The van der Waals surface area contributed by atoms with Crippen LogP contribution in [0.5, 0.6) is 0 Å². The summed E-state index contributed by atoms with van der Waals surface area (Å²) in [6.45, 7) is 2.15. The second kappa shape index (κ2) is 6.12. The van der Waals surface area contributed by atoms with Crippen LogP contribution in [0.15, 0.2) is 12.3 Å². The molecule has 0 radical (unpaired) electrons. The Balaban J connectivity index is 2.22. The predicted octanol–water partition coefficient (Wildman–Crippen LogP) is -0.272. The number of pyridine rings is 1. The zero-order valence-electron chi connectivity index (χ0n) is 11.0. The summed E-state index contributed by atoms with van der Waals surface area (Å²) in [6.07, 6.45) is 0.625. The molecule has 7 nitrogen and oxygen atoms in total.